The van der Waals surface area contributed by atoms with Crippen LogP contribution in [0.1, 0.15) is 23.9 Å². The number of aryl methyl sites for hydroxylation is 1. The van der Waals surface area contributed by atoms with Gasteiger partial charge in [0.2, 0.25) is 5.95 Å². The van der Waals surface area contributed by atoms with E-state index < -0.39 is 0 Å². The highest BCUT2D eigenvalue weighted by Crippen LogP contribution is 2.38. The third-order valence-electron chi connectivity index (χ3n) is 4.98. The van der Waals surface area contributed by atoms with Crippen molar-refractivity contribution < 1.29 is 0 Å². The van der Waals surface area contributed by atoms with Gasteiger partial charge in [-0.15, -0.1) is 0 Å². The number of pyridine rings is 1. The molecule has 0 unspecified atom stereocenters. The van der Waals surface area contributed by atoms with Gasteiger partial charge < -0.3 is 15.5 Å². The molecule has 0 spiro atoms. The van der Waals surface area contributed by atoms with Crippen LogP contribution in [0.3, 0.4) is 0 Å². The molecule has 2 N–H and O–H groups in total. The van der Waals surface area contributed by atoms with Crippen molar-refractivity contribution in [3.63, 3.8) is 0 Å². The maximum atomic E-state index is 10.0. The third-order valence-corrected chi connectivity index (χ3v) is 4.98. The summed E-state index contributed by atoms with van der Waals surface area (Å²) in [6.45, 7) is 5.38. The summed E-state index contributed by atoms with van der Waals surface area (Å²) in [4.78, 5) is 15.5. The Morgan fingerprint density at radius 2 is 2.00 bits per heavy atom. The SMILES string of the molecule is CCN1/C(=C(\C#N)c2nc(NCCc3ccccn3)ncc2C)Nc2ccccc21. The molecule has 1 aliphatic rings. The molecule has 1 aromatic carbocycles. The van der Waals surface area contributed by atoms with E-state index in [1.807, 2.05) is 49.4 Å². The molecule has 0 atom stereocenters. The van der Waals surface area contributed by atoms with Gasteiger partial charge >= 0.3 is 0 Å². The summed E-state index contributed by atoms with van der Waals surface area (Å²) in [6.07, 6.45) is 4.30. The van der Waals surface area contributed by atoms with Crippen molar-refractivity contribution in [3.05, 3.63) is 77.6 Å². The van der Waals surface area contributed by atoms with Gasteiger partial charge in [0.25, 0.3) is 0 Å². The van der Waals surface area contributed by atoms with Gasteiger partial charge in [0.05, 0.1) is 17.1 Å². The van der Waals surface area contributed by atoms with E-state index >= 15 is 0 Å². The summed E-state index contributed by atoms with van der Waals surface area (Å²) in [6, 6.07) is 16.3. The van der Waals surface area contributed by atoms with Crippen LogP contribution in [-0.4, -0.2) is 28.0 Å². The first-order valence-corrected chi connectivity index (χ1v) is 9.97. The Bertz CT molecular complexity index is 1120. The third kappa shape index (κ3) is 3.80. The van der Waals surface area contributed by atoms with Gasteiger partial charge in [-0.3, -0.25) is 4.98 Å². The topological polar surface area (TPSA) is 89.8 Å². The van der Waals surface area contributed by atoms with Crippen molar-refractivity contribution in [2.45, 2.75) is 20.3 Å². The summed E-state index contributed by atoms with van der Waals surface area (Å²) < 4.78 is 0. The second kappa shape index (κ2) is 8.62. The second-order valence-corrected chi connectivity index (χ2v) is 6.94. The molecular weight excluding hydrogens is 374 g/mol. The summed E-state index contributed by atoms with van der Waals surface area (Å²) in [5, 5.41) is 16.6. The van der Waals surface area contributed by atoms with Crippen molar-refractivity contribution in [1.82, 2.24) is 15.0 Å². The van der Waals surface area contributed by atoms with Crippen LogP contribution in [0.15, 0.2) is 60.7 Å². The van der Waals surface area contributed by atoms with Gasteiger partial charge in [0.1, 0.15) is 17.5 Å². The van der Waals surface area contributed by atoms with Crippen molar-refractivity contribution in [2.24, 2.45) is 0 Å². The van der Waals surface area contributed by atoms with E-state index in [2.05, 4.69) is 43.5 Å². The standard InChI is InChI=1S/C23H23N7/c1-3-30-20-10-5-4-9-19(20)28-22(30)18(14-24)21-16(2)15-27-23(29-21)26-13-11-17-8-6-7-12-25-17/h4-10,12,15,28H,3,11,13H2,1-2H3,(H,26,27,29)/b22-18+. The number of benzene rings is 1. The Balaban J connectivity index is 1.61. The zero-order valence-electron chi connectivity index (χ0n) is 17.1. The highest BCUT2D eigenvalue weighted by Gasteiger charge is 2.27. The van der Waals surface area contributed by atoms with E-state index in [-0.39, 0.29) is 0 Å². The zero-order valence-corrected chi connectivity index (χ0v) is 17.1. The van der Waals surface area contributed by atoms with E-state index in [9.17, 15) is 5.26 Å². The van der Waals surface area contributed by atoms with E-state index in [0.29, 0.717) is 23.8 Å². The van der Waals surface area contributed by atoms with Gasteiger partial charge in [-0.2, -0.15) is 5.26 Å². The summed E-state index contributed by atoms with van der Waals surface area (Å²) in [5.74, 6) is 1.25. The predicted molar refractivity (Wildman–Crippen MR) is 119 cm³/mol. The lowest BCUT2D eigenvalue weighted by molar-refractivity contribution is 0.936. The van der Waals surface area contributed by atoms with Crippen molar-refractivity contribution in [1.29, 1.82) is 5.26 Å². The molecule has 3 heterocycles. The summed E-state index contributed by atoms with van der Waals surface area (Å²) in [5.41, 5.74) is 5.03. The lowest BCUT2D eigenvalue weighted by atomic mass is 10.1. The Hall–Kier alpha value is -3.92. The van der Waals surface area contributed by atoms with Crippen LogP contribution in [-0.2, 0) is 6.42 Å². The minimum Gasteiger partial charge on any atom is -0.354 e. The zero-order chi connectivity index (χ0) is 20.9. The van der Waals surface area contributed by atoms with Crippen LogP contribution < -0.4 is 15.5 Å². The number of nitriles is 1. The van der Waals surface area contributed by atoms with E-state index in [1.54, 1.807) is 12.4 Å². The number of nitrogens with one attached hydrogen (secondary N) is 2. The molecule has 150 valence electrons. The van der Waals surface area contributed by atoms with Gasteiger partial charge in [-0.25, -0.2) is 9.97 Å². The molecule has 3 aromatic rings. The lowest BCUT2D eigenvalue weighted by Crippen LogP contribution is -2.22. The summed E-state index contributed by atoms with van der Waals surface area (Å²) in [7, 11) is 0. The molecule has 0 aliphatic carbocycles. The van der Waals surface area contributed by atoms with Crippen LogP contribution in [0.4, 0.5) is 17.3 Å². The van der Waals surface area contributed by atoms with Gasteiger partial charge in [0.15, 0.2) is 0 Å². The average molecular weight is 397 g/mol. The molecule has 0 bridgehead atoms. The minimum atomic E-state index is 0.499. The maximum Gasteiger partial charge on any atom is 0.223 e. The fourth-order valence-corrected chi connectivity index (χ4v) is 3.50. The molecule has 0 amide bonds. The molecule has 1 aliphatic heterocycles. The van der Waals surface area contributed by atoms with Crippen molar-refractivity contribution >= 4 is 22.9 Å². The van der Waals surface area contributed by atoms with Crippen LogP contribution in [0.2, 0.25) is 0 Å². The molecule has 0 saturated heterocycles. The van der Waals surface area contributed by atoms with Crippen LogP contribution in [0.25, 0.3) is 5.57 Å². The number of allylic oxidation sites excluding steroid dienone is 1. The second-order valence-electron chi connectivity index (χ2n) is 6.94. The predicted octanol–water partition coefficient (Wildman–Crippen LogP) is 3.98. The molecule has 30 heavy (non-hydrogen) atoms. The number of nitrogens with zero attached hydrogens (tertiary/aromatic N) is 5. The first-order valence-electron chi connectivity index (χ1n) is 9.97. The Labute approximate surface area is 176 Å². The number of rotatable bonds is 6. The number of fused-ring (bicyclic) bond motifs is 1. The Morgan fingerprint density at radius 3 is 2.77 bits per heavy atom. The Morgan fingerprint density at radius 1 is 1.17 bits per heavy atom. The van der Waals surface area contributed by atoms with E-state index in [1.165, 1.54) is 0 Å². The number of para-hydroxylation sites is 2. The van der Waals surface area contributed by atoms with E-state index in [0.717, 1.165) is 41.4 Å². The molecule has 2 aromatic heterocycles. The number of hydrogen-bond acceptors (Lipinski definition) is 7. The molecule has 7 heteroatoms. The van der Waals surface area contributed by atoms with Crippen LogP contribution >= 0.6 is 0 Å². The summed E-state index contributed by atoms with van der Waals surface area (Å²) >= 11 is 0. The molecule has 4 rings (SSSR count). The number of aromatic nitrogens is 3. The van der Waals surface area contributed by atoms with Gasteiger partial charge in [0, 0.05) is 37.6 Å². The highest BCUT2D eigenvalue weighted by atomic mass is 15.3. The fourth-order valence-electron chi connectivity index (χ4n) is 3.50. The van der Waals surface area contributed by atoms with Crippen LogP contribution in [0, 0.1) is 18.3 Å². The van der Waals surface area contributed by atoms with Gasteiger partial charge in [-0.1, -0.05) is 18.2 Å². The van der Waals surface area contributed by atoms with E-state index in [4.69, 9.17) is 0 Å². The number of anilines is 3. The highest BCUT2D eigenvalue weighted by molar-refractivity contribution is 5.91. The molecule has 0 saturated carbocycles. The van der Waals surface area contributed by atoms with Gasteiger partial charge in [-0.05, 0) is 43.7 Å². The van der Waals surface area contributed by atoms with Crippen LogP contribution in [0.5, 0.6) is 0 Å². The lowest BCUT2D eigenvalue weighted by Gasteiger charge is -2.19. The molecule has 0 fully saturated rings. The van der Waals surface area contributed by atoms with Crippen molar-refractivity contribution in [2.75, 3.05) is 28.6 Å². The molecule has 7 nitrogen and oxygen atoms in total. The quantitative estimate of drug-likeness (QED) is 0.608. The monoisotopic (exact) mass is 397 g/mol. The average Bonchev–Trinajstić information content (AvgIpc) is 3.15. The Kier molecular flexibility index (Phi) is 5.57. The minimum absolute atomic E-state index is 0.499. The number of hydrogen-bond donors (Lipinski definition) is 2. The maximum absolute atomic E-state index is 10.0. The molecule has 0 radical (unpaired) electrons. The first-order chi connectivity index (χ1) is 14.7. The normalized spacial score (nSPS) is 14.0. The smallest absolute Gasteiger partial charge is 0.223 e. The largest absolute Gasteiger partial charge is 0.354 e. The fraction of sp³-hybridized carbons (Fsp3) is 0.217. The molecular formula is C23H23N7. The van der Waals surface area contributed by atoms with Crippen molar-refractivity contribution in [3.8, 4) is 6.07 Å². The first kappa shape index (κ1) is 19.4.